The molecule has 19 heavy (non-hydrogen) atoms. The van der Waals surface area contributed by atoms with Crippen molar-refractivity contribution in [2.75, 3.05) is 7.11 Å². The van der Waals surface area contributed by atoms with Crippen molar-refractivity contribution in [2.24, 2.45) is 0 Å². The van der Waals surface area contributed by atoms with Crippen LogP contribution in [0.1, 0.15) is 19.4 Å². The first-order valence-corrected chi connectivity index (χ1v) is 6.52. The van der Waals surface area contributed by atoms with Gasteiger partial charge in [0.05, 0.1) is 13.2 Å². The molecule has 0 aliphatic heterocycles. The van der Waals surface area contributed by atoms with E-state index in [1.165, 1.54) is 0 Å². The van der Waals surface area contributed by atoms with Gasteiger partial charge in [0.15, 0.2) is 0 Å². The Kier molecular flexibility index (Phi) is 4.10. The van der Waals surface area contributed by atoms with Crippen molar-refractivity contribution in [3.05, 3.63) is 48.0 Å². The highest BCUT2D eigenvalue weighted by atomic mass is 16.5. The molecule has 0 atom stereocenters. The first-order valence-electron chi connectivity index (χ1n) is 6.52. The van der Waals surface area contributed by atoms with E-state index in [1.807, 2.05) is 32.9 Å². The van der Waals surface area contributed by atoms with E-state index < -0.39 is 0 Å². The molecule has 2 aromatic rings. The number of benzene rings is 2. The van der Waals surface area contributed by atoms with Gasteiger partial charge in [0.2, 0.25) is 0 Å². The maximum Gasteiger partial charge on any atom is 0.122 e. The van der Waals surface area contributed by atoms with E-state index in [-0.39, 0.29) is 6.10 Å². The third-order valence-electron chi connectivity index (χ3n) is 2.95. The summed E-state index contributed by atoms with van der Waals surface area (Å²) in [6, 6.07) is 14.4. The normalized spacial score (nSPS) is 10.6. The van der Waals surface area contributed by atoms with Gasteiger partial charge < -0.3 is 9.47 Å². The largest absolute Gasteiger partial charge is 0.496 e. The lowest BCUT2D eigenvalue weighted by Gasteiger charge is -2.12. The van der Waals surface area contributed by atoms with E-state index in [0.29, 0.717) is 0 Å². The molecule has 0 radical (unpaired) electrons. The second-order valence-corrected chi connectivity index (χ2v) is 4.88. The SMILES string of the molecule is COc1cc(-c2cccc(OC(C)C)c2)ccc1C. The van der Waals surface area contributed by atoms with Gasteiger partial charge in [-0.25, -0.2) is 0 Å². The van der Waals surface area contributed by atoms with Gasteiger partial charge in [0, 0.05) is 0 Å². The number of methoxy groups -OCH3 is 1. The fourth-order valence-corrected chi connectivity index (χ4v) is 2.02. The zero-order valence-electron chi connectivity index (χ0n) is 11.9. The van der Waals surface area contributed by atoms with Crippen LogP contribution in [0, 0.1) is 6.92 Å². The Morgan fingerprint density at radius 2 is 1.68 bits per heavy atom. The second kappa shape index (κ2) is 5.79. The summed E-state index contributed by atoms with van der Waals surface area (Å²) in [4.78, 5) is 0. The molecular formula is C17H20O2. The Bertz CT molecular complexity index is 559. The molecular weight excluding hydrogens is 236 g/mol. The van der Waals surface area contributed by atoms with E-state index in [2.05, 4.69) is 30.3 Å². The second-order valence-electron chi connectivity index (χ2n) is 4.88. The minimum atomic E-state index is 0.183. The van der Waals surface area contributed by atoms with Crippen molar-refractivity contribution < 1.29 is 9.47 Å². The summed E-state index contributed by atoms with van der Waals surface area (Å²) < 4.78 is 11.1. The molecule has 0 amide bonds. The molecule has 0 fully saturated rings. The van der Waals surface area contributed by atoms with Crippen molar-refractivity contribution in [1.29, 1.82) is 0 Å². The summed E-state index contributed by atoms with van der Waals surface area (Å²) in [5.74, 6) is 1.81. The van der Waals surface area contributed by atoms with E-state index in [4.69, 9.17) is 9.47 Å². The number of hydrogen-bond acceptors (Lipinski definition) is 2. The Balaban J connectivity index is 2.36. The molecule has 0 unspecified atom stereocenters. The molecule has 0 saturated carbocycles. The smallest absolute Gasteiger partial charge is 0.122 e. The summed E-state index contributed by atoms with van der Waals surface area (Å²) >= 11 is 0. The summed E-state index contributed by atoms with van der Waals surface area (Å²) in [5, 5.41) is 0. The molecule has 2 nitrogen and oxygen atoms in total. The predicted octanol–water partition coefficient (Wildman–Crippen LogP) is 4.46. The highest BCUT2D eigenvalue weighted by Crippen LogP contribution is 2.29. The summed E-state index contributed by atoms with van der Waals surface area (Å²) in [6.07, 6.45) is 0.183. The van der Waals surface area contributed by atoms with Crippen LogP contribution in [0.4, 0.5) is 0 Å². The molecule has 0 heterocycles. The van der Waals surface area contributed by atoms with Gasteiger partial charge in [-0.3, -0.25) is 0 Å². The molecule has 0 N–H and O–H groups in total. The molecule has 0 bridgehead atoms. The Morgan fingerprint density at radius 3 is 2.37 bits per heavy atom. The Hall–Kier alpha value is -1.96. The van der Waals surface area contributed by atoms with Gasteiger partial charge in [-0.15, -0.1) is 0 Å². The molecule has 100 valence electrons. The van der Waals surface area contributed by atoms with Crippen molar-refractivity contribution in [2.45, 2.75) is 26.9 Å². The minimum Gasteiger partial charge on any atom is -0.496 e. The van der Waals surface area contributed by atoms with Crippen LogP contribution in [0.15, 0.2) is 42.5 Å². The van der Waals surface area contributed by atoms with Crippen LogP contribution in [0.2, 0.25) is 0 Å². The highest BCUT2D eigenvalue weighted by molar-refractivity contribution is 5.67. The van der Waals surface area contributed by atoms with Crippen molar-refractivity contribution >= 4 is 0 Å². The van der Waals surface area contributed by atoms with Gasteiger partial charge in [0.1, 0.15) is 11.5 Å². The first-order chi connectivity index (χ1) is 9.10. The fraction of sp³-hybridized carbons (Fsp3) is 0.294. The molecule has 0 spiro atoms. The highest BCUT2D eigenvalue weighted by Gasteiger charge is 2.05. The quantitative estimate of drug-likeness (QED) is 0.804. The van der Waals surface area contributed by atoms with Gasteiger partial charge in [0.25, 0.3) is 0 Å². The van der Waals surface area contributed by atoms with E-state index in [0.717, 1.165) is 28.2 Å². The molecule has 0 aromatic heterocycles. The standard InChI is InChI=1S/C17H20O2/c1-12(2)19-16-7-5-6-14(10-16)15-9-8-13(3)17(11-15)18-4/h5-12H,1-4H3. The van der Waals surface area contributed by atoms with Crippen LogP contribution in [0.5, 0.6) is 11.5 Å². The third-order valence-corrected chi connectivity index (χ3v) is 2.95. The van der Waals surface area contributed by atoms with Crippen LogP contribution in [0.25, 0.3) is 11.1 Å². The van der Waals surface area contributed by atoms with Crippen LogP contribution in [0.3, 0.4) is 0 Å². The zero-order valence-corrected chi connectivity index (χ0v) is 11.9. The average molecular weight is 256 g/mol. The van der Waals surface area contributed by atoms with Crippen molar-refractivity contribution in [3.63, 3.8) is 0 Å². The van der Waals surface area contributed by atoms with Gasteiger partial charge in [-0.2, -0.15) is 0 Å². The van der Waals surface area contributed by atoms with Crippen molar-refractivity contribution in [1.82, 2.24) is 0 Å². The summed E-state index contributed by atoms with van der Waals surface area (Å²) in [7, 11) is 1.70. The number of ether oxygens (including phenoxy) is 2. The monoisotopic (exact) mass is 256 g/mol. The third kappa shape index (κ3) is 3.28. The minimum absolute atomic E-state index is 0.183. The lowest BCUT2D eigenvalue weighted by molar-refractivity contribution is 0.242. The van der Waals surface area contributed by atoms with E-state index in [9.17, 15) is 0 Å². The summed E-state index contributed by atoms with van der Waals surface area (Å²) in [5.41, 5.74) is 3.41. The van der Waals surface area contributed by atoms with E-state index in [1.54, 1.807) is 7.11 Å². The lowest BCUT2D eigenvalue weighted by atomic mass is 10.0. The molecule has 2 aromatic carbocycles. The van der Waals surface area contributed by atoms with Crippen LogP contribution < -0.4 is 9.47 Å². The average Bonchev–Trinajstić information content (AvgIpc) is 2.39. The lowest BCUT2D eigenvalue weighted by Crippen LogP contribution is -2.05. The first kappa shape index (κ1) is 13.5. The van der Waals surface area contributed by atoms with Crippen molar-refractivity contribution in [3.8, 4) is 22.6 Å². The topological polar surface area (TPSA) is 18.5 Å². The number of aryl methyl sites for hydroxylation is 1. The molecule has 2 rings (SSSR count). The molecule has 2 heteroatoms. The van der Waals surface area contributed by atoms with Crippen LogP contribution in [-0.4, -0.2) is 13.2 Å². The molecule has 0 aliphatic carbocycles. The number of rotatable bonds is 4. The number of hydrogen-bond donors (Lipinski definition) is 0. The van der Waals surface area contributed by atoms with E-state index >= 15 is 0 Å². The predicted molar refractivity (Wildman–Crippen MR) is 78.9 cm³/mol. The van der Waals surface area contributed by atoms with Crippen LogP contribution >= 0.6 is 0 Å². The summed E-state index contributed by atoms with van der Waals surface area (Å²) in [6.45, 7) is 6.10. The maximum atomic E-state index is 5.73. The Labute approximate surface area is 115 Å². The van der Waals surface area contributed by atoms with Crippen LogP contribution in [-0.2, 0) is 0 Å². The maximum absolute atomic E-state index is 5.73. The zero-order chi connectivity index (χ0) is 13.8. The fourth-order valence-electron chi connectivity index (χ4n) is 2.02. The van der Waals surface area contributed by atoms with Gasteiger partial charge in [-0.1, -0.05) is 24.3 Å². The van der Waals surface area contributed by atoms with Gasteiger partial charge >= 0.3 is 0 Å². The van der Waals surface area contributed by atoms with Gasteiger partial charge in [-0.05, 0) is 55.7 Å². The molecule has 0 saturated heterocycles. The Morgan fingerprint density at radius 1 is 0.947 bits per heavy atom. The molecule has 0 aliphatic rings.